The quantitative estimate of drug-likeness (QED) is 0.642. The molecule has 1 aliphatic rings. The van der Waals surface area contributed by atoms with Crippen molar-refractivity contribution in [2.24, 2.45) is 0 Å². The van der Waals surface area contributed by atoms with Gasteiger partial charge in [-0.1, -0.05) is 42.1 Å². The fourth-order valence-corrected chi connectivity index (χ4v) is 3.56. The van der Waals surface area contributed by atoms with E-state index in [1.807, 2.05) is 67.1 Å². The van der Waals surface area contributed by atoms with Crippen molar-refractivity contribution in [3.05, 3.63) is 65.5 Å². The molecule has 1 saturated carbocycles. The lowest BCUT2D eigenvalue weighted by molar-refractivity contribution is -0.113. The Morgan fingerprint density at radius 2 is 1.93 bits per heavy atom. The van der Waals surface area contributed by atoms with Crippen molar-refractivity contribution in [3.63, 3.8) is 0 Å². The maximum atomic E-state index is 12.4. The van der Waals surface area contributed by atoms with E-state index in [0.717, 1.165) is 41.2 Å². The standard InChI is InChI=1S/C21H22N4OS/c1-14-7-6-10-18(15(14)2)22-19(26)13-27-21-23-20(16-11-12-16)25(24-21)17-8-4-3-5-9-17/h3-10,16H,11-13H2,1-2H3,(H,22,26). The van der Waals surface area contributed by atoms with Gasteiger partial charge in [0.2, 0.25) is 11.1 Å². The van der Waals surface area contributed by atoms with Crippen LogP contribution in [0.1, 0.15) is 35.7 Å². The number of amides is 1. The normalized spacial score (nSPS) is 13.6. The number of carbonyl (C=O) groups is 1. The van der Waals surface area contributed by atoms with Gasteiger partial charge in [-0.25, -0.2) is 9.67 Å². The van der Waals surface area contributed by atoms with Gasteiger partial charge in [-0.3, -0.25) is 4.79 Å². The number of hydrogen-bond donors (Lipinski definition) is 1. The van der Waals surface area contributed by atoms with Gasteiger partial charge in [0, 0.05) is 11.6 Å². The fraction of sp³-hybridized carbons (Fsp3) is 0.286. The molecule has 1 heterocycles. The fourth-order valence-electron chi connectivity index (χ4n) is 2.93. The van der Waals surface area contributed by atoms with Crippen molar-refractivity contribution >= 4 is 23.4 Å². The summed E-state index contributed by atoms with van der Waals surface area (Å²) >= 11 is 1.38. The van der Waals surface area contributed by atoms with Crippen LogP contribution in [0.4, 0.5) is 5.69 Å². The van der Waals surface area contributed by atoms with Gasteiger partial charge in [0.15, 0.2) is 0 Å². The summed E-state index contributed by atoms with van der Waals surface area (Å²) in [7, 11) is 0. The predicted molar refractivity (Wildman–Crippen MR) is 109 cm³/mol. The number of benzene rings is 2. The van der Waals surface area contributed by atoms with E-state index in [9.17, 15) is 4.79 Å². The van der Waals surface area contributed by atoms with Crippen LogP contribution in [-0.4, -0.2) is 26.4 Å². The van der Waals surface area contributed by atoms with Gasteiger partial charge < -0.3 is 5.32 Å². The van der Waals surface area contributed by atoms with Crippen molar-refractivity contribution in [2.75, 3.05) is 11.1 Å². The smallest absolute Gasteiger partial charge is 0.234 e. The molecular formula is C21H22N4OS. The lowest BCUT2D eigenvalue weighted by Crippen LogP contribution is -2.15. The molecule has 5 nitrogen and oxygen atoms in total. The lowest BCUT2D eigenvalue weighted by Gasteiger charge is -2.09. The van der Waals surface area contributed by atoms with E-state index < -0.39 is 0 Å². The number of hydrogen-bond acceptors (Lipinski definition) is 4. The van der Waals surface area contributed by atoms with Crippen LogP contribution in [0.3, 0.4) is 0 Å². The lowest BCUT2D eigenvalue weighted by atomic mass is 10.1. The Hall–Kier alpha value is -2.60. The van der Waals surface area contributed by atoms with Crippen LogP contribution in [0.25, 0.3) is 5.69 Å². The second-order valence-corrected chi connectivity index (χ2v) is 7.80. The molecule has 0 bridgehead atoms. The van der Waals surface area contributed by atoms with Crippen molar-refractivity contribution in [2.45, 2.75) is 37.8 Å². The summed E-state index contributed by atoms with van der Waals surface area (Å²) in [5, 5.41) is 8.28. The highest BCUT2D eigenvalue weighted by Crippen LogP contribution is 2.40. The maximum absolute atomic E-state index is 12.4. The maximum Gasteiger partial charge on any atom is 0.234 e. The highest BCUT2D eigenvalue weighted by atomic mass is 32.2. The molecule has 1 fully saturated rings. The zero-order valence-corrected chi connectivity index (χ0v) is 16.3. The molecule has 1 amide bonds. The van der Waals surface area contributed by atoms with Gasteiger partial charge >= 0.3 is 0 Å². The van der Waals surface area contributed by atoms with E-state index in [1.54, 1.807) is 0 Å². The molecule has 2 aromatic carbocycles. The molecule has 0 spiro atoms. The average molecular weight is 379 g/mol. The van der Waals surface area contributed by atoms with Gasteiger partial charge in [-0.15, -0.1) is 5.10 Å². The van der Waals surface area contributed by atoms with Crippen molar-refractivity contribution in [1.82, 2.24) is 14.8 Å². The Morgan fingerprint density at radius 3 is 2.67 bits per heavy atom. The first kappa shape index (κ1) is 17.8. The highest BCUT2D eigenvalue weighted by Gasteiger charge is 2.30. The van der Waals surface area contributed by atoms with Crippen LogP contribution in [0.2, 0.25) is 0 Å². The van der Waals surface area contributed by atoms with Gasteiger partial charge in [-0.2, -0.15) is 0 Å². The summed E-state index contributed by atoms with van der Waals surface area (Å²) in [6.07, 6.45) is 2.31. The molecule has 4 rings (SSSR count). The highest BCUT2D eigenvalue weighted by molar-refractivity contribution is 7.99. The van der Waals surface area contributed by atoms with E-state index in [-0.39, 0.29) is 11.7 Å². The number of aryl methyl sites for hydroxylation is 1. The van der Waals surface area contributed by atoms with Crippen LogP contribution >= 0.6 is 11.8 Å². The molecule has 1 N–H and O–H groups in total. The summed E-state index contributed by atoms with van der Waals surface area (Å²) in [5.74, 6) is 1.73. The van der Waals surface area contributed by atoms with E-state index in [4.69, 9.17) is 4.98 Å². The Bertz CT molecular complexity index is 964. The topological polar surface area (TPSA) is 59.8 Å². The van der Waals surface area contributed by atoms with Crippen molar-refractivity contribution in [3.8, 4) is 5.69 Å². The third-order valence-corrected chi connectivity index (χ3v) is 5.60. The van der Waals surface area contributed by atoms with E-state index in [2.05, 4.69) is 10.4 Å². The zero-order chi connectivity index (χ0) is 18.8. The minimum Gasteiger partial charge on any atom is -0.325 e. The number of rotatable bonds is 6. The SMILES string of the molecule is Cc1cccc(NC(=O)CSc2nc(C3CC3)n(-c3ccccc3)n2)c1C. The molecule has 0 radical (unpaired) electrons. The van der Waals surface area contributed by atoms with Gasteiger partial charge in [0.1, 0.15) is 5.82 Å². The first-order chi connectivity index (χ1) is 13.1. The minimum atomic E-state index is -0.0438. The van der Waals surface area contributed by atoms with Gasteiger partial charge in [-0.05, 0) is 56.0 Å². The predicted octanol–water partition coefficient (Wildman–Crippen LogP) is 4.49. The molecule has 0 unspecified atom stereocenters. The van der Waals surface area contributed by atoms with Gasteiger partial charge in [0.05, 0.1) is 11.4 Å². The van der Waals surface area contributed by atoms with E-state index in [0.29, 0.717) is 11.1 Å². The molecule has 3 aromatic rings. The first-order valence-corrected chi connectivity index (χ1v) is 10.1. The number of thioether (sulfide) groups is 1. The Kier molecular flexibility index (Phi) is 4.99. The average Bonchev–Trinajstić information content (AvgIpc) is 3.44. The molecule has 0 saturated heterocycles. The molecule has 138 valence electrons. The molecule has 0 aliphatic heterocycles. The number of para-hydroxylation sites is 1. The molecule has 27 heavy (non-hydrogen) atoms. The largest absolute Gasteiger partial charge is 0.325 e. The van der Waals surface area contributed by atoms with Crippen molar-refractivity contribution in [1.29, 1.82) is 0 Å². The summed E-state index contributed by atoms with van der Waals surface area (Å²) in [6.45, 7) is 4.06. The monoisotopic (exact) mass is 378 g/mol. The number of aromatic nitrogens is 3. The summed E-state index contributed by atoms with van der Waals surface area (Å²) in [4.78, 5) is 17.1. The number of carbonyl (C=O) groups excluding carboxylic acids is 1. The molecule has 6 heteroatoms. The third kappa shape index (κ3) is 4.06. The van der Waals surface area contributed by atoms with Gasteiger partial charge in [0.25, 0.3) is 0 Å². The molecule has 1 aromatic heterocycles. The second-order valence-electron chi connectivity index (χ2n) is 6.86. The second kappa shape index (κ2) is 7.56. The molecular weight excluding hydrogens is 356 g/mol. The Balaban J connectivity index is 1.45. The third-order valence-electron chi connectivity index (χ3n) is 4.77. The van der Waals surface area contributed by atoms with Crippen LogP contribution in [-0.2, 0) is 4.79 Å². The minimum absolute atomic E-state index is 0.0438. The Morgan fingerprint density at radius 1 is 1.15 bits per heavy atom. The summed E-state index contributed by atoms with van der Waals surface area (Å²) < 4.78 is 1.92. The number of anilines is 1. The Labute approximate surface area is 163 Å². The summed E-state index contributed by atoms with van der Waals surface area (Å²) in [6, 6.07) is 16.0. The summed E-state index contributed by atoms with van der Waals surface area (Å²) in [5.41, 5.74) is 4.14. The van der Waals surface area contributed by atoms with Crippen LogP contribution in [0.5, 0.6) is 0 Å². The molecule has 1 aliphatic carbocycles. The van der Waals surface area contributed by atoms with E-state index in [1.165, 1.54) is 11.8 Å². The van der Waals surface area contributed by atoms with E-state index >= 15 is 0 Å². The number of nitrogens with one attached hydrogen (secondary N) is 1. The molecule has 0 atom stereocenters. The van der Waals surface area contributed by atoms with Crippen LogP contribution < -0.4 is 5.32 Å². The number of nitrogens with zero attached hydrogens (tertiary/aromatic N) is 3. The zero-order valence-electron chi connectivity index (χ0n) is 15.5. The first-order valence-electron chi connectivity index (χ1n) is 9.13. The van der Waals surface area contributed by atoms with Crippen LogP contribution in [0.15, 0.2) is 53.7 Å². The van der Waals surface area contributed by atoms with Crippen LogP contribution in [0, 0.1) is 13.8 Å². The van der Waals surface area contributed by atoms with Crippen molar-refractivity contribution < 1.29 is 4.79 Å².